The number of nitrogens with zero attached hydrogens (tertiary/aromatic N) is 2. The van der Waals surface area contributed by atoms with Gasteiger partial charge in [0.25, 0.3) is 0 Å². The van der Waals surface area contributed by atoms with Crippen LogP contribution in [0.2, 0.25) is 0 Å². The molecule has 2 rings (SSSR count). The van der Waals surface area contributed by atoms with Crippen LogP contribution in [-0.4, -0.2) is 17.1 Å². The van der Waals surface area contributed by atoms with Gasteiger partial charge in [0.15, 0.2) is 0 Å². The lowest BCUT2D eigenvalue weighted by Crippen LogP contribution is -2.09. The molecule has 0 bridgehead atoms. The van der Waals surface area contributed by atoms with Crippen LogP contribution in [0.4, 0.5) is 5.82 Å². The molecule has 5 heteroatoms. The lowest BCUT2D eigenvalue weighted by molar-refractivity contribution is 0.414. The summed E-state index contributed by atoms with van der Waals surface area (Å²) in [5, 5.41) is 3.38. The van der Waals surface area contributed by atoms with Crippen LogP contribution in [-0.2, 0) is 0 Å². The van der Waals surface area contributed by atoms with Crippen molar-refractivity contribution in [2.75, 3.05) is 12.4 Å². The number of rotatable bonds is 4. The summed E-state index contributed by atoms with van der Waals surface area (Å²) in [7, 11) is 1.67. The van der Waals surface area contributed by atoms with Crippen LogP contribution in [0.5, 0.6) is 5.75 Å². The normalized spacial score (nSPS) is 12.0. The molecule has 0 saturated heterocycles. The second kappa shape index (κ2) is 6.02. The van der Waals surface area contributed by atoms with Gasteiger partial charge in [-0.25, -0.2) is 9.97 Å². The van der Waals surface area contributed by atoms with E-state index in [0.717, 1.165) is 21.7 Å². The maximum Gasteiger partial charge on any atom is 0.133 e. The zero-order valence-corrected chi connectivity index (χ0v) is 12.7. The Morgan fingerprint density at radius 2 is 1.89 bits per heavy atom. The number of nitrogens with one attached hydrogen (secondary N) is 1. The van der Waals surface area contributed by atoms with E-state index >= 15 is 0 Å². The minimum atomic E-state index is 0.159. The van der Waals surface area contributed by atoms with E-state index in [-0.39, 0.29) is 6.04 Å². The van der Waals surface area contributed by atoms with Crippen LogP contribution in [0.25, 0.3) is 0 Å². The summed E-state index contributed by atoms with van der Waals surface area (Å²) in [6.07, 6.45) is 1.54. The Kier molecular flexibility index (Phi) is 4.37. The molecule has 1 aromatic heterocycles. The van der Waals surface area contributed by atoms with E-state index in [1.54, 1.807) is 13.4 Å². The second-order valence-corrected chi connectivity index (χ2v) is 5.03. The molecular formula is C14H16BrN3O. The fraction of sp³-hybridized carbons (Fsp3) is 0.286. The molecule has 0 spiro atoms. The third kappa shape index (κ3) is 3.23. The predicted octanol–water partition coefficient (Wildman–Crippen LogP) is 3.73. The molecule has 2 aromatic rings. The van der Waals surface area contributed by atoms with Crippen molar-refractivity contribution in [1.82, 2.24) is 9.97 Å². The highest BCUT2D eigenvalue weighted by molar-refractivity contribution is 9.10. The molecule has 0 aliphatic heterocycles. The van der Waals surface area contributed by atoms with Crippen molar-refractivity contribution in [1.29, 1.82) is 0 Å². The van der Waals surface area contributed by atoms with Crippen LogP contribution >= 0.6 is 15.9 Å². The lowest BCUT2D eigenvalue weighted by atomic mass is 10.1. The first-order chi connectivity index (χ1) is 9.11. The molecule has 1 aromatic carbocycles. The smallest absolute Gasteiger partial charge is 0.133 e. The number of aromatic nitrogens is 2. The van der Waals surface area contributed by atoms with Gasteiger partial charge in [-0.2, -0.15) is 0 Å². The fourth-order valence-electron chi connectivity index (χ4n) is 1.76. The first kappa shape index (κ1) is 13.8. The van der Waals surface area contributed by atoms with Gasteiger partial charge in [-0.1, -0.05) is 12.1 Å². The molecule has 0 saturated carbocycles. The molecular weight excluding hydrogens is 306 g/mol. The van der Waals surface area contributed by atoms with Crippen molar-refractivity contribution in [3.05, 3.63) is 46.3 Å². The predicted molar refractivity (Wildman–Crippen MR) is 79.5 cm³/mol. The molecule has 19 heavy (non-hydrogen) atoms. The number of hydrogen-bond donors (Lipinski definition) is 1. The number of ether oxygens (including phenoxy) is 1. The molecule has 0 aliphatic carbocycles. The van der Waals surface area contributed by atoms with E-state index in [0.29, 0.717) is 0 Å². The Bertz CT molecular complexity index is 557. The standard InChI is InChI=1S/C14H16BrN3O/c1-9-13(15)16-8-17-14(9)18-10(2)11-4-6-12(19-3)7-5-11/h4-8,10H,1-3H3,(H,16,17,18). The Morgan fingerprint density at radius 3 is 2.53 bits per heavy atom. The molecule has 0 fully saturated rings. The van der Waals surface area contributed by atoms with E-state index < -0.39 is 0 Å². The summed E-state index contributed by atoms with van der Waals surface area (Å²) in [4.78, 5) is 8.35. The van der Waals surface area contributed by atoms with Gasteiger partial charge in [-0.15, -0.1) is 0 Å². The third-order valence-electron chi connectivity index (χ3n) is 2.99. The summed E-state index contributed by atoms with van der Waals surface area (Å²) in [5.41, 5.74) is 2.18. The van der Waals surface area contributed by atoms with Crippen LogP contribution in [0.1, 0.15) is 24.1 Å². The van der Waals surface area contributed by atoms with Gasteiger partial charge in [0.1, 0.15) is 22.5 Å². The highest BCUT2D eigenvalue weighted by Crippen LogP contribution is 2.24. The first-order valence-electron chi connectivity index (χ1n) is 5.99. The van der Waals surface area contributed by atoms with Crippen molar-refractivity contribution >= 4 is 21.7 Å². The SMILES string of the molecule is COc1ccc(C(C)Nc2ncnc(Br)c2C)cc1. The van der Waals surface area contributed by atoms with Crippen molar-refractivity contribution in [2.24, 2.45) is 0 Å². The number of anilines is 1. The lowest BCUT2D eigenvalue weighted by Gasteiger charge is -2.17. The first-order valence-corrected chi connectivity index (χ1v) is 6.78. The maximum absolute atomic E-state index is 5.15. The van der Waals surface area contributed by atoms with E-state index in [9.17, 15) is 0 Å². The van der Waals surface area contributed by atoms with E-state index in [1.807, 2.05) is 31.2 Å². The number of halogens is 1. The zero-order chi connectivity index (χ0) is 13.8. The molecule has 1 unspecified atom stereocenters. The maximum atomic E-state index is 5.15. The van der Waals surface area contributed by atoms with Gasteiger partial charge >= 0.3 is 0 Å². The Labute approximate surface area is 121 Å². The van der Waals surface area contributed by atoms with Gasteiger partial charge in [0.05, 0.1) is 7.11 Å². The largest absolute Gasteiger partial charge is 0.497 e. The summed E-state index contributed by atoms with van der Waals surface area (Å²) in [6.45, 7) is 4.07. The molecule has 0 aliphatic rings. The minimum Gasteiger partial charge on any atom is -0.497 e. The minimum absolute atomic E-state index is 0.159. The quantitative estimate of drug-likeness (QED) is 0.872. The molecule has 1 N–H and O–H groups in total. The molecule has 4 nitrogen and oxygen atoms in total. The molecule has 1 atom stereocenters. The molecule has 0 radical (unpaired) electrons. The van der Waals surface area contributed by atoms with Crippen LogP contribution in [0.15, 0.2) is 35.2 Å². The summed E-state index contributed by atoms with van der Waals surface area (Å²) in [6, 6.07) is 8.16. The van der Waals surface area contributed by atoms with Gasteiger partial charge < -0.3 is 10.1 Å². The van der Waals surface area contributed by atoms with Crippen molar-refractivity contribution < 1.29 is 4.74 Å². The summed E-state index contributed by atoms with van der Waals surface area (Å²) < 4.78 is 5.97. The summed E-state index contributed by atoms with van der Waals surface area (Å²) in [5.74, 6) is 1.70. The highest BCUT2D eigenvalue weighted by Gasteiger charge is 2.10. The van der Waals surface area contributed by atoms with Crippen LogP contribution in [0.3, 0.4) is 0 Å². The monoisotopic (exact) mass is 321 g/mol. The van der Waals surface area contributed by atoms with Crippen molar-refractivity contribution in [3.63, 3.8) is 0 Å². The third-order valence-corrected chi connectivity index (χ3v) is 3.79. The van der Waals surface area contributed by atoms with Gasteiger partial charge in [-0.05, 0) is 47.5 Å². The molecule has 1 heterocycles. The van der Waals surface area contributed by atoms with Crippen molar-refractivity contribution in [2.45, 2.75) is 19.9 Å². The zero-order valence-electron chi connectivity index (χ0n) is 11.1. The van der Waals surface area contributed by atoms with Gasteiger partial charge in [0.2, 0.25) is 0 Å². The average Bonchev–Trinajstić information content (AvgIpc) is 2.44. The Morgan fingerprint density at radius 1 is 1.21 bits per heavy atom. The van der Waals surface area contributed by atoms with Gasteiger partial charge in [-0.3, -0.25) is 0 Å². The van der Waals surface area contributed by atoms with Crippen LogP contribution < -0.4 is 10.1 Å². The number of benzene rings is 1. The van der Waals surface area contributed by atoms with Crippen LogP contribution in [0, 0.1) is 6.92 Å². The van der Waals surface area contributed by atoms with E-state index in [1.165, 1.54) is 5.56 Å². The number of methoxy groups -OCH3 is 1. The van der Waals surface area contributed by atoms with Crippen molar-refractivity contribution in [3.8, 4) is 5.75 Å². The average molecular weight is 322 g/mol. The second-order valence-electron chi connectivity index (χ2n) is 4.28. The molecule has 100 valence electrons. The topological polar surface area (TPSA) is 47.0 Å². The van der Waals surface area contributed by atoms with E-state index in [4.69, 9.17) is 4.74 Å². The summed E-state index contributed by atoms with van der Waals surface area (Å²) >= 11 is 3.40. The fourth-order valence-corrected chi connectivity index (χ4v) is 2.03. The number of hydrogen-bond acceptors (Lipinski definition) is 4. The Hall–Kier alpha value is -1.62. The highest BCUT2D eigenvalue weighted by atomic mass is 79.9. The van der Waals surface area contributed by atoms with Gasteiger partial charge in [0, 0.05) is 11.6 Å². The molecule has 0 amide bonds. The Balaban J connectivity index is 2.15. The van der Waals surface area contributed by atoms with E-state index in [2.05, 4.69) is 38.1 Å².